The third-order valence-corrected chi connectivity index (χ3v) is 13.3. The minimum Gasteiger partial charge on any atom is -0.497 e. The van der Waals surface area contributed by atoms with Gasteiger partial charge in [0.05, 0.1) is 36.5 Å². The number of ketones is 2. The molecule has 0 radical (unpaired) electrons. The molecule has 3 saturated heterocycles. The Morgan fingerprint density at radius 3 is 2.34 bits per heavy atom. The quantitative estimate of drug-likeness (QED) is 0.165. The predicted octanol–water partition coefficient (Wildman–Crippen LogP) is 5.77. The first-order chi connectivity index (χ1) is 27.8. The van der Waals surface area contributed by atoms with E-state index in [4.69, 9.17) is 28.4 Å². The summed E-state index contributed by atoms with van der Waals surface area (Å²) in [4.78, 5) is 65.1. The number of esters is 1. The van der Waals surface area contributed by atoms with Crippen molar-refractivity contribution >= 4 is 34.5 Å². The number of aliphatic hydroxyl groups excluding tert-OH is 1. The van der Waals surface area contributed by atoms with Crippen molar-refractivity contribution in [2.45, 2.75) is 148 Å². The van der Waals surface area contributed by atoms with E-state index in [1.165, 1.54) is 14.0 Å². The molecule has 59 heavy (non-hydrogen) atoms. The number of nitrogens with zero attached hydrogens (tertiary/aromatic N) is 3. The molecule has 14 heteroatoms. The highest BCUT2D eigenvalue weighted by molar-refractivity contribution is 6.00. The van der Waals surface area contributed by atoms with Gasteiger partial charge >= 0.3 is 12.1 Å². The van der Waals surface area contributed by atoms with Crippen LogP contribution in [0, 0.1) is 23.7 Å². The molecular formula is C45H67N3O11. The normalized spacial score (nSPS) is 36.3. The molecule has 13 atom stereocenters. The number of hydrogen-bond donors (Lipinski definition) is 1. The number of aryl methyl sites for hydroxylation is 1. The van der Waals surface area contributed by atoms with Crippen LogP contribution in [0.3, 0.4) is 0 Å². The smallest absolute Gasteiger partial charge is 0.410 e. The van der Waals surface area contributed by atoms with E-state index in [2.05, 4.69) is 4.98 Å². The van der Waals surface area contributed by atoms with Gasteiger partial charge in [-0.3, -0.25) is 19.4 Å². The number of methoxy groups -OCH3 is 2. The molecule has 328 valence electrons. The zero-order valence-electron chi connectivity index (χ0n) is 37.1. The fraction of sp³-hybridized carbons (Fsp3) is 0.711. The Bertz CT molecular complexity index is 1820. The molecule has 1 amide bonds. The number of cyclic esters (lactones) is 1. The van der Waals surface area contributed by atoms with Crippen LogP contribution in [0.5, 0.6) is 5.75 Å². The van der Waals surface area contributed by atoms with Crippen molar-refractivity contribution in [2.24, 2.45) is 23.7 Å². The van der Waals surface area contributed by atoms with Gasteiger partial charge in [0.25, 0.3) is 0 Å². The second-order valence-corrected chi connectivity index (χ2v) is 17.7. The van der Waals surface area contributed by atoms with Crippen LogP contribution in [0.25, 0.3) is 10.9 Å². The Balaban J connectivity index is 1.46. The van der Waals surface area contributed by atoms with Gasteiger partial charge in [-0.1, -0.05) is 27.7 Å². The minimum absolute atomic E-state index is 0.129. The lowest BCUT2D eigenvalue weighted by Crippen LogP contribution is -2.60. The van der Waals surface area contributed by atoms with Gasteiger partial charge in [-0.15, -0.1) is 0 Å². The molecule has 0 spiro atoms. The number of ether oxygens (including phenoxy) is 6. The van der Waals surface area contributed by atoms with Crippen molar-refractivity contribution in [3.63, 3.8) is 0 Å². The van der Waals surface area contributed by atoms with Crippen LogP contribution in [-0.2, 0) is 44.5 Å². The summed E-state index contributed by atoms with van der Waals surface area (Å²) in [6, 6.07) is 6.74. The van der Waals surface area contributed by atoms with E-state index in [-0.39, 0.29) is 30.8 Å². The summed E-state index contributed by atoms with van der Waals surface area (Å²) >= 11 is 0. The molecule has 0 unspecified atom stereocenters. The number of unbranched alkanes of at least 4 members (excludes halogenated alkanes) is 1. The van der Waals surface area contributed by atoms with Crippen LogP contribution in [-0.4, -0.2) is 132 Å². The summed E-state index contributed by atoms with van der Waals surface area (Å²) in [5.41, 5.74) is -0.714. The number of carbonyl (C=O) groups is 4. The van der Waals surface area contributed by atoms with E-state index < -0.39 is 83.4 Å². The first kappa shape index (κ1) is 46.4. The number of hydrogen-bond acceptors (Lipinski definition) is 13. The van der Waals surface area contributed by atoms with Crippen molar-refractivity contribution in [1.29, 1.82) is 0 Å². The Hall–Kier alpha value is -3.69. The fourth-order valence-corrected chi connectivity index (χ4v) is 9.84. The molecule has 5 rings (SSSR count). The molecule has 1 aromatic heterocycles. The maximum atomic E-state index is 14.8. The van der Waals surface area contributed by atoms with Crippen molar-refractivity contribution < 1.29 is 52.7 Å². The lowest BCUT2D eigenvalue weighted by Gasteiger charge is -2.47. The van der Waals surface area contributed by atoms with Crippen LogP contribution in [0.1, 0.15) is 93.1 Å². The monoisotopic (exact) mass is 825 g/mol. The summed E-state index contributed by atoms with van der Waals surface area (Å²) < 4.78 is 36.7. The zero-order valence-corrected chi connectivity index (χ0v) is 37.1. The second kappa shape index (κ2) is 18.9. The number of rotatable bonds is 11. The third kappa shape index (κ3) is 9.46. The Morgan fingerprint density at radius 1 is 0.983 bits per heavy atom. The molecular weight excluding hydrogens is 759 g/mol. The number of amides is 1. The summed E-state index contributed by atoms with van der Waals surface area (Å²) in [6.07, 6.45) is -0.194. The van der Waals surface area contributed by atoms with Gasteiger partial charge < -0.3 is 43.3 Å². The molecule has 1 aromatic carbocycles. The summed E-state index contributed by atoms with van der Waals surface area (Å²) in [6.45, 7) is 14.3. The van der Waals surface area contributed by atoms with Crippen molar-refractivity contribution in [3.8, 4) is 5.75 Å². The second-order valence-electron chi connectivity index (χ2n) is 17.7. The number of aromatic nitrogens is 1. The van der Waals surface area contributed by atoms with Crippen LogP contribution < -0.4 is 4.74 Å². The average molecular weight is 826 g/mol. The lowest BCUT2D eigenvalue weighted by molar-refractivity contribution is -0.295. The third-order valence-electron chi connectivity index (χ3n) is 13.3. The van der Waals surface area contributed by atoms with Crippen molar-refractivity contribution in [1.82, 2.24) is 14.8 Å². The van der Waals surface area contributed by atoms with Gasteiger partial charge in [-0.25, -0.2) is 4.79 Å². The van der Waals surface area contributed by atoms with Crippen LogP contribution in [0.15, 0.2) is 30.5 Å². The summed E-state index contributed by atoms with van der Waals surface area (Å²) in [7, 11) is 6.87. The van der Waals surface area contributed by atoms with Crippen LogP contribution >= 0.6 is 0 Å². The molecule has 3 aliphatic heterocycles. The minimum atomic E-state index is -1.40. The highest BCUT2D eigenvalue weighted by Crippen LogP contribution is 2.43. The summed E-state index contributed by atoms with van der Waals surface area (Å²) in [5.74, 6) is -4.22. The molecule has 0 saturated carbocycles. The van der Waals surface area contributed by atoms with Gasteiger partial charge in [0, 0.05) is 55.1 Å². The van der Waals surface area contributed by atoms with E-state index in [1.807, 2.05) is 64.0 Å². The Morgan fingerprint density at radius 2 is 1.69 bits per heavy atom. The van der Waals surface area contributed by atoms with E-state index >= 15 is 0 Å². The van der Waals surface area contributed by atoms with Crippen molar-refractivity contribution in [3.05, 3.63) is 36.0 Å². The van der Waals surface area contributed by atoms with Gasteiger partial charge in [0.2, 0.25) is 0 Å². The number of aliphatic hydroxyl groups is 1. The lowest BCUT2D eigenvalue weighted by atomic mass is 9.73. The van der Waals surface area contributed by atoms with Gasteiger partial charge in [0.1, 0.15) is 29.7 Å². The fourth-order valence-electron chi connectivity index (χ4n) is 9.84. The predicted molar refractivity (Wildman–Crippen MR) is 221 cm³/mol. The number of carbonyl (C=O) groups excluding carboxylic acids is 4. The zero-order chi connectivity index (χ0) is 43.6. The van der Waals surface area contributed by atoms with Crippen LogP contribution in [0.2, 0.25) is 0 Å². The molecule has 2 aromatic rings. The molecule has 1 N–H and O–H groups in total. The first-order valence-electron chi connectivity index (χ1n) is 21.2. The number of likely N-dealkylation sites (N-methyl/N-ethyl adjacent to an activating group) is 1. The Labute approximate surface area is 349 Å². The largest absolute Gasteiger partial charge is 0.497 e. The molecule has 3 fully saturated rings. The van der Waals surface area contributed by atoms with Crippen molar-refractivity contribution in [2.75, 3.05) is 34.9 Å². The summed E-state index contributed by atoms with van der Waals surface area (Å²) in [5, 5.41) is 12.5. The highest BCUT2D eigenvalue weighted by Gasteiger charge is 2.60. The van der Waals surface area contributed by atoms with Gasteiger partial charge in [-0.05, 0) is 104 Å². The Kier molecular flexibility index (Phi) is 14.9. The maximum absolute atomic E-state index is 14.8. The molecule has 4 heterocycles. The van der Waals surface area contributed by atoms with Crippen LogP contribution in [0.4, 0.5) is 4.79 Å². The van der Waals surface area contributed by atoms with E-state index in [1.54, 1.807) is 45.9 Å². The topological polar surface area (TPSA) is 163 Å². The number of fused-ring (bicyclic) bond motifs is 2. The highest BCUT2D eigenvalue weighted by atomic mass is 16.7. The van der Waals surface area contributed by atoms with E-state index in [0.29, 0.717) is 19.4 Å². The molecule has 0 bridgehead atoms. The molecule has 14 nitrogen and oxygen atoms in total. The first-order valence-corrected chi connectivity index (χ1v) is 21.2. The SMILES string of the molecule is CC[C@H]1OC(=O)[C@H](C)C(=O)[C@H](C)[C@@H](O[C@H]2O[C@@H](C)C[C@@H](N(C)C)[C@@H]2O)[C@](C)(OC)C[C@@H](C)C(=O)[C@@H](C)[C@H]2N(CCCCc3ccnc4cc(OC)ccc34)C(=O)O[C@]12C. The maximum Gasteiger partial charge on any atom is 0.410 e. The van der Waals surface area contributed by atoms with Gasteiger partial charge in [0.15, 0.2) is 17.7 Å². The number of benzene rings is 1. The molecule has 0 aliphatic carbocycles. The average Bonchev–Trinajstić information content (AvgIpc) is 3.47. The molecule has 3 aliphatic rings. The van der Waals surface area contributed by atoms with Gasteiger partial charge in [-0.2, -0.15) is 0 Å². The van der Waals surface area contributed by atoms with E-state index in [0.717, 1.165) is 35.1 Å². The number of pyridine rings is 1. The standard InChI is InChI=1S/C45H67N3O11/c1-13-35-45(8)39(48(43(53)59-45)21-15-14-16-30-19-20-46-33-23-31(54-11)17-18-32(30)33)27(4)36(49)25(2)24-44(7,55-12)40(28(5)37(50)29(6)41(52)57-35)58-42-38(51)34(47(9)10)22-26(3)56-42/h17-20,23,25-29,34-35,38-40,42,51H,13-16,21-22,24H2,1-12H3/t25-,26+,27-,28+,29-,34-,35-,38+,39-,40-,42-,44-,45-/m1/s1. The van der Waals surface area contributed by atoms with E-state index in [9.17, 15) is 24.3 Å². The number of Topliss-reactive ketones (excluding diaryl/α,β-unsaturated/α-hetero) is 2.